The monoisotopic (exact) mass is 359 g/mol. The van der Waals surface area contributed by atoms with Crippen LogP contribution >= 0.6 is 0 Å². The Balaban J connectivity index is 1.47. The largest absolute Gasteiger partial charge is 0.486 e. The maximum Gasteiger partial charge on any atom is 0.259 e. The Bertz CT molecular complexity index is 1180. The number of fused-ring (bicyclic) bond motifs is 2. The lowest BCUT2D eigenvalue weighted by molar-refractivity contribution is 0.0788. The zero-order chi connectivity index (χ0) is 18.2. The van der Waals surface area contributed by atoms with E-state index < -0.39 is 0 Å². The predicted molar refractivity (Wildman–Crippen MR) is 102 cm³/mol. The van der Waals surface area contributed by atoms with E-state index in [9.17, 15) is 4.79 Å². The third kappa shape index (κ3) is 2.85. The van der Waals surface area contributed by atoms with E-state index in [1.54, 1.807) is 6.20 Å². The molecule has 0 bridgehead atoms. The maximum absolute atomic E-state index is 12.6. The summed E-state index contributed by atoms with van der Waals surface area (Å²) in [6.07, 6.45) is 3.39. The van der Waals surface area contributed by atoms with Crippen molar-refractivity contribution in [3.8, 4) is 22.9 Å². The van der Waals surface area contributed by atoms with Crippen LogP contribution in [-0.4, -0.2) is 27.2 Å². The molecule has 1 aliphatic heterocycles. The smallest absolute Gasteiger partial charge is 0.259 e. The number of H-pyrrole nitrogens is 1. The molecule has 1 aliphatic rings. The molecule has 1 atom stereocenters. The first-order valence-corrected chi connectivity index (χ1v) is 8.80. The number of benzene rings is 2. The zero-order valence-electron chi connectivity index (χ0n) is 14.5. The summed E-state index contributed by atoms with van der Waals surface area (Å²) in [7, 11) is 0. The van der Waals surface area contributed by atoms with Gasteiger partial charge >= 0.3 is 0 Å². The number of para-hydroxylation sites is 3. The normalized spacial score (nSPS) is 15.8. The van der Waals surface area contributed by atoms with E-state index in [4.69, 9.17) is 9.47 Å². The van der Waals surface area contributed by atoms with Gasteiger partial charge in [0.05, 0.1) is 12.1 Å². The molecule has 0 radical (unpaired) electrons. The van der Waals surface area contributed by atoms with Crippen LogP contribution < -0.4 is 15.0 Å². The first-order chi connectivity index (χ1) is 13.3. The highest BCUT2D eigenvalue weighted by molar-refractivity contribution is 5.82. The fourth-order valence-electron chi connectivity index (χ4n) is 3.39. The van der Waals surface area contributed by atoms with Gasteiger partial charge in [0.25, 0.3) is 5.56 Å². The van der Waals surface area contributed by atoms with Crippen molar-refractivity contribution in [3.63, 3.8) is 0 Å². The number of ether oxygens (including phenoxy) is 2. The topological polar surface area (TPSA) is 69.1 Å². The molecule has 3 heterocycles. The van der Waals surface area contributed by atoms with Crippen molar-refractivity contribution in [1.29, 1.82) is 0 Å². The minimum Gasteiger partial charge on any atom is -0.486 e. The Labute approximate surface area is 155 Å². The molecule has 4 aromatic rings. The highest BCUT2D eigenvalue weighted by Crippen LogP contribution is 2.31. The molecule has 134 valence electrons. The minimum absolute atomic E-state index is 0.160. The van der Waals surface area contributed by atoms with E-state index in [-0.39, 0.29) is 11.7 Å². The fourth-order valence-corrected chi connectivity index (χ4v) is 3.39. The molecule has 0 fully saturated rings. The second-order valence-corrected chi connectivity index (χ2v) is 6.50. The van der Waals surface area contributed by atoms with Gasteiger partial charge in [0.15, 0.2) is 17.6 Å². The number of aromatic nitrogens is 3. The van der Waals surface area contributed by atoms with Crippen LogP contribution in [0.5, 0.6) is 11.5 Å². The highest BCUT2D eigenvalue weighted by Gasteiger charge is 2.22. The van der Waals surface area contributed by atoms with Crippen molar-refractivity contribution in [3.05, 3.63) is 77.3 Å². The predicted octanol–water partition coefficient (Wildman–Crippen LogP) is 3.23. The number of hydrogen-bond donors (Lipinski definition) is 1. The third-order valence-corrected chi connectivity index (χ3v) is 4.68. The summed E-state index contributed by atoms with van der Waals surface area (Å²) in [6.45, 7) is 0.985. The Kier molecular flexibility index (Phi) is 3.67. The molecule has 1 N–H and O–H groups in total. The summed E-state index contributed by atoms with van der Waals surface area (Å²) >= 11 is 0. The van der Waals surface area contributed by atoms with Crippen LogP contribution in [0.2, 0.25) is 0 Å². The van der Waals surface area contributed by atoms with Gasteiger partial charge in [-0.3, -0.25) is 4.79 Å². The Morgan fingerprint density at radius 1 is 1.11 bits per heavy atom. The van der Waals surface area contributed by atoms with E-state index in [0.717, 1.165) is 22.4 Å². The molecule has 2 aromatic heterocycles. The van der Waals surface area contributed by atoms with Crippen LogP contribution in [-0.2, 0) is 6.54 Å². The van der Waals surface area contributed by atoms with Crippen molar-refractivity contribution >= 4 is 10.9 Å². The number of hydrogen-bond acceptors (Lipinski definition) is 4. The molecule has 6 nitrogen and oxygen atoms in total. The lowest BCUT2D eigenvalue weighted by atomic mass is 10.1. The van der Waals surface area contributed by atoms with Gasteiger partial charge in [0.1, 0.15) is 12.4 Å². The van der Waals surface area contributed by atoms with Gasteiger partial charge in [-0.05, 0) is 29.7 Å². The molecule has 2 aromatic carbocycles. The molecule has 27 heavy (non-hydrogen) atoms. The fraction of sp³-hybridized carbons (Fsp3) is 0.143. The van der Waals surface area contributed by atoms with Crippen LogP contribution in [0.15, 0.2) is 71.8 Å². The quantitative estimate of drug-likeness (QED) is 0.610. The molecule has 6 heteroatoms. The van der Waals surface area contributed by atoms with Crippen molar-refractivity contribution < 1.29 is 9.47 Å². The summed E-state index contributed by atoms with van der Waals surface area (Å²) < 4.78 is 13.8. The summed E-state index contributed by atoms with van der Waals surface area (Å²) in [5.74, 6) is 2.11. The first-order valence-electron chi connectivity index (χ1n) is 8.80. The Morgan fingerprint density at radius 3 is 2.85 bits per heavy atom. The van der Waals surface area contributed by atoms with Crippen LogP contribution in [0.4, 0.5) is 0 Å². The van der Waals surface area contributed by atoms with E-state index >= 15 is 0 Å². The number of pyridine rings is 1. The highest BCUT2D eigenvalue weighted by atomic mass is 16.6. The van der Waals surface area contributed by atoms with Crippen LogP contribution in [0.25, 0.3) is 22.3 Å². The molecule has 0 unspecified atom stereocenters. The number of nitrogens with one attached hydrogen (secondary N) is 1. The van der Waals surface area contributed by atoms with Gasteiger partial charge in [-0.2, -0.15) is 0 Å². The van der Waals surface area contributed by atoms with Crippen molar-refractivity contribution in [2.45, 2.75) is 12.6 Å². The second-order valence-electron chi connectivity index (χ2n) is 6.50. The molecular formula is C21H17N3O3. The molecule has 0 aliphatic carbocycles. The number of nitrogens with zero attached hydrogens (tertiary/aromatic N) is 2. The summed E-state index contributed by atoms with van der Waals surface area (Å²) in [5.41, 5.74) is 1.19. The summed E-state index contributed by atoms with van der Waals surface area (Å²) in [5, 5.41) is 0.966. The molecule has 0 saturated carbocycles. The van der Waals surface area contributed by atoms with Crippen LogP contribution in [0, 0.1) is 0 Å². The molecule has 0 saturated heterocycles. The van der Waals surface area contributed by atoms with Gasteiger partial charge < -0.3 is 19.0 Å². The van der Waals surface area contributed by atoms with Crippen molar-refractivity contribution in [1.82, 2.24) is 14.5 Å². The van der Waals surface area contributed by atoms with E-state index in [1.165, 1.54) is 0 Å². The van der Waals surface area contributed by atoms with E-state index in [1.807, 2.05) is 65.4 Å². The number of rotatable bonds is 3. The third-order valence-electron chi connectivity index (χ3n) is 4.68. The van der Waals surface area contributed by atoms with E-state index in [2.05, 4.69) is 9.97 Å². The standard InChI is InChI=1S/C21H17N3O3/c25-21-16(11-14-5-1-2-6-17(14)23-21)20-22-9-10-24(20)12-15-13-26-18-7-3-4-8-19(18)27-15/h1-11,15H,12-13H2,(H,23,25)/t15-/m1/s1. The van der Waals surface area contributed by atoms with Crippen molar-refractivity contribution in [2.75, 3.05) is 6.61 Å². The molecule has 0 amide bonds. The van der Waals surface area contributed by atoms with Crippen molar-refractivity contribution in [2.24, 2.45) is 0 Å². The lowest BCUT2D eigenvalue weighted by Crippen LogP contribution is -2.33. The summed E-state index contributed by atoms with van der Waals surface area (Å²) in [4.78, 5) is 19.9. The molecular weight excluding hydrogens is 342 g/mol. The van der Waals surface area contributed by atoms with Crippen LogP contribution in [0.1, 0.15) is 0 Å². The average molecular weight is 359 g/mol. The average Bonchev–Trinajstić information content (AvgIpc) is 3.15. The van der Waals surface area contributed by atoms with Crippen LogP contribution in [0.3, 0.4) is 0 Å². The zero-order valence-corrected chi connectivity index (χ0v) is 14.5. The van der Waals surface area contributed by atoms with Gasteiger partial charge in [-0.1, -0.05) is 30.3 Å². The Hall–Kier alpha value is -3.54. The van der Waals surface area contributed by atoms with E-state index in [0.29, 0.717) is 24.5 Å². The molecule has 5 rings (SSSR count). The van der Waals surface area contributed by atoms with Gasteiger partial charge in [-0.25, -0.2) is 4.98 Å². The minimum atomic E-state index is -0.160. The molecule has 0 spiro atoms. The lowest BCUT2D eigenvalue weighted by Gasteiger charge is -2.27. The number of imidazole rings is 1. The van der Waals surface area contributed by atoms with Gasteiger partial charge in [0.2, 0.25) is 0 Å². The summed E-state index contributed by atoms with van der Waals surface area (Å²) in [6, 6.07) is 17.2. The second kappa shape index (κ2) is 6.32. The van der Waals surface area contributed by atoms with Gasteiger partial charge in [0, 0.05) is 17.9 Å². The SMILES string of the molecule is O=c1[nH]c2ccccc2cc1-c1nccn1C[C@@H]1COc2ccccc2O1. The maximum atomic E-state index is 12.6. The Morgan fingerprint density at radius 2 is 1.93 bits per heavy atom. The number of aromatic amines is 1. The van der Waals surface area contributed by atoms with Gasteiger partial charge in [-0.15, -0.1) is 0 Å². The first kappa shape index (κ1) is 15.7.